The first-order valence-corrected chi connectivity index (χ1v) is 9.12. The Bertz CT molecular complexity index is 801. The number of rotatable bonds is 6. The highest BCUT2D eigenvalue weighted by Gasteiger charge is 2.21. The molecule has 0 radical (unpaired) electrons. The van der Waals surface area contributed by atoms with Crippen molar-refractivity contribution >= 4 is 23.5 Å². The van der Waals surface area contributed by atoms with Crippen LogP contribution in [0.15, 0.2) is 22.6 Å². The molecule has 2 heterocycles. The van der Waals surface area contributed by atoms with E-state index >= 15 is 0 Å². The topological polar surface area (TPSA) is 72.8 Å². The number of nitrogens with one attached hydrogen (secondary N) is 1. The summed E-state index contributed by atoms with van der Waals surface area (Å²) in [6.07, 6.45) is 2.83. The number of benzene rings is 1. The molecule has 3 rings (SSSR count). The second-order valence-electron chi connectivity index (χ2n) is 5.89. The Labute approximate surface area is 150 Å². The van der Waals surface area contributed by atoms with Gasteiger partial charge in [-0.15, -0.1) is 11.3 Å². The van der Waals surface area contributed by atoms with Crippen LogP contribution >= 0.6 is 11.3 Å². The number of nitrogens with zero attached hydrogens (tertiary/aromatic N) is 2. The maximum absolute atomic E-state index is 11.9. The molecule has 25 heavy (non-hydrogen) atoms. The molecule has 1 aromatic heterocycles. The summed E-state index contributed by atoms with van der Waals surface area (Å²) in [6.45, 7) is 6.45. The van der Waals surface area contributed by atoms with E-state index in [0.29, 0.717) is 6.61 Å². The molecule has 132 valence electrons. The number of ether oxygens (including phenoxy) is 2. The van der Waals surface area contributed by atoms with Crippen molar-refractivity contribution in [1.82, 2.24) is 10.4 Å². The van der Waals surface area contributed by atoms with Gasteiger partial charge < -0.3 is 9.47 Å². The lowest BCUT2D eigenvalue weighted by atomic mass is 10.1. The molecule has 1 N–H and O–H groups in total. The Kier molecular flexibility index (Phi) is 5.33. The lowest BCUT2D eigenvalue weighted by Gasteiger charge is -2.09. The summed E-state index contributed by atoms with van der Waals surface area (Å²) in [7, 11) is 0. The minimum absolute atomic E-state index is 0.165. The molecule has 0 saturated heterocycles. The molecule has 2 aromatic rings. The number of fused-ring (bicyclic) bond motifs is 1. The Morgan fingerprint density at radius 3 is 3.12 bits per heavy atom. The van der Waals surface area contributed by atoms with E-state index in [4.69, 9.17) is 9.47 Å². The van der Waals surface area contributed by atoms with E-state index in [1.54, 1.807) is 6.21 Å². The average Bonchev–Trinajstić information content (AvgIpc) is 3.12. The summed E-state index contributed by atoms with van der Waals surface area (Å²) in [4.78, 5) is 16.2. The van der Waals surface area contributed by atoms with Gasteiger partial charge in [-0.25, -0.2) is 10.4 Å². The third kappa shape index (κ3) is 4.36. The van der Waals surface area contributed by atoms with Crippen LogP contribution in [-0.4, -0.2) is 29.8 Å². The third-order valence-corrected chi connectivity index (χ3v) is 4.55. The fourth-order valence-electron chi connectivity index (χ4n) is 2.70. The van der Waals surface area contributed by atoms with Crippen molar-refractivity contribution in [2.75, 3.05) is 6.61 Å². The van der Waals surface area contributed by atoms with Crippen LogP contribution in [0, 0.1) is 6.92 Å². The van der Waals surface area contributed by atoms with Crippen LogP contribution in [0.4, 0.5) is 0 Å². The quantitative estimate of drug-likeness (QED) is 0.636. The van der Waals surface area contributed by atoms with E-state index < -0.39 is 0 Å². The van der Waals surface area contributed by atoms with Crippen LogP contribution < -0.4 is 14.9 Å². The van der Waals surface area contributed by atoms with Gasteiger partial charge in [-0.1, -0.05) is 0 Å². The van der Waals surface area contributed by atoms with Crippen LogP contribution in [0.2, 0.25) is 0 Å². The zero-order valence-corrected chi connectivity index (χ0v) is 15.4. The summed E-state index contributed by atoms with van der Waals surface area (Å²) in [5.41, 5.74) is 5.20. The molecule has 1 atom stereocenters. The van der Waals surface area contributed by atoms with E-state index in [1.807, 2.05) is 38.3 Å². The predicted molar refractivity (Wildman–Crippen MR) is 97.7 cm³/mol. The van der Waals surface area contributed by atoms with Gasteiger partial charge >= 0.3 is 0 Å². The monoisotopic (exact) mass is 359 g/mol. The molecule has 0 fully saturated rings. The van der Waals surface area contributed by atoms with Gasteiger partial charge in [0.2, 0.25) is 5.91 Å². The molecule has 1 aliphatic heterocycles. The van der Waals surface area contributed by atoms with Crippen LogP contribution in [0.1, 0.15) is 35.7 Å². The average molecular weight is 359 g/mol. The van der Waals surface area contributed by atoms with Gasteiger partial charge in [-0.3, -0.25) is 4.79 Å². The predicted octanol–water partition coefficient (Wildman–Crippen LogP) is 2.87. The van der Waals surface area contributed by atoms with Crippen molar-refractivity contribution in [3.8, 4) is 11.5 Å². The standard InChI is InChI=1S/C18H21N3O3S/c1-4-23-16-6-13-5-11(2)24-17(13)7-14(16)9-19-21-18(22)8-15-10-25-12(3)20-15/h6-7,9-11H,4-5,8H2,1-3H3,(H,21,22)/b19-9-/t11-/m0/s1. The number of amides is 1. The van der Waals surface area contributed by atoms with Gasteiger partial charge in [-0.2, -0.15) is 5.10 Å². The normalized spacial score (nSPS) is 15.9. The lowest BCUT2D eigenvalue weighted by Crippen LogP contribution is -2.20. The van der Waals surface area contributed by atoms with E-state index in [1.165, 1.54) is 11.3 Å². The molecule has 1 aromatic carbocycles. The third-order valence-electron chi connectivity index (χ3n) is 3.73. The number of aromatic nitrogens is 1. The molecule has 0 spiro atoms. The highest BCUT2D eigenvalue weighted by molar-refractivity contribution is 7.09. The molecule has 0 bridgehead atoms. The molecular formula is C18H21N3O3S. The molecule has 0 aliphatic carbocycles. The van der Waals surface area contributed by atoms with Crippen LogP contribution in [-0.2, 0) is 17.6 Å². The van der Waals surface area contributed by atoms with Gasteiger partial charge in [0.1, 0.15) is 17.6 Å². The van der Waals surface area contributed by atoms with E-state index in [-0.39, 0.29) is 18.4 Å². The first kappa shape index (κ1) is 17.4. The van der Waals surface area contributed by atoms with Gasteiger partial charge in [-0.05, 0) is 32.9 Å². The first-order chi connectivity index (χ1) is 12.0. The number of carbonyl (C=O) groups is 1. The van der Waals surface area contributed by atoms with E-state index in [2.05, 4.69) is 15.5 Å². The molecule has 7 heteroatoms. The number of hydrogen-bond donors (Lipinski definition) is 1. The Morgan fingerprint density at radius 2 is 2.40 bits per heavy atom. The van der Waals surface area contributed by atoms with Crippen LogP contribution in [0.25, 0.3) is 0 Å². The van der Waals surface area contributed by atoms with Gasteiger partial charge in [0.15, 0.2) is 0 Å². The van der Waals surface area contributed by atoms with Gasteiger partial charge in [0.25, 0.3) is 0 Å². The Balaban J connectivity index is 1.67. The molecular weight excluding hydrogens is 338 g/mol. The Hall–Kier alpha value is -2.41. The smallest absolute Gasteiger partial charge is 0.246 e. The van der Waals surface area contributed by atoms with Crippen LogP contribution in [0.3, 0.4) is 0 Å². The van der Waals surface area contributed by atoms with Crippen molar-refractivity contribution in [2.24, 2.45) is 5.10 Å². The second kappa shape index (κ2) is 7.65. The summed E-state index contributed by atoms with van der Waals surface area (Å²) in [5.74, 6) is 1.39. The molecule has 0 saturated carbocycles. The zero-order valence-electron chi connectivity index (χ0n) is 14.5. The first-order valence-electron chi connectivity index (χ1n) is 8.24. The summed E-state index contributed by atoms with van der Waals surface area (Å²) >= 11 is 1.53. The van der Waals surface area contributed by atoms with Gasteiger partial charge in [0, 0.05) is 22.9 Å². The van der Waals surface area contributed by atoms with Crippen molar-refractivity contribution in [1.29, 1.82) is 0 Å². The molecule has 0 unspecified atom stereocenters. The minimum atomic E-state index is -0.203. The largest absolute Gasteiger partial charge is 0.493 e. The lowest BCUT2D eigenvalue weighted by molar-refractivity contribution is -0.120. The number of hydrazone groups is 1. The fraction of sp³-hybridized carbons (Fsp3) is 0.389. The fourth-order valence-corrected chi connectivity index (χ4v) is 3.32. The Morgan fingerprint density at radius 1 is 1.56 bits per heavy atom. The number of carbonyl (C=O) groups excluding carboxylic acids is 1. The molecule has 6 nitrogen and oxygen atoms in total. The van der Waals surface area contributed by atoms with Crippen molar-refractivity contribution < 1.29 is 14.3 Å². The number of thiazole rings is 1. The zero-order chi connectivity index (χ0) is 17.8. The molecule has 1 amide bonds. The van der Waals surface area contributed by atoms with Crippen LogP contribution in [0.5, 0.6) is 11.5 Å². The highest BCUT2D eigenvalue weighted by atomic mass is 32.1. The number of aryl methyl sites for hydroxylation is 1. The van der Waals surface area contributed by atoms with Gasteiger partial charge in [0.05, 0.1) is 29.9 Å². The highest BCUT2D eigenvalue weighted by Crippen LogP contribution is 2.34. The summed E-state index contributed by atoms with van der Waals surface area (Å²) < 4.78 is 11.5. The SMILES string of the molecule is CCOc1cc2c(cc1/C=N\NC(=O)Cc1csc(C)n1)O[C@@H](C)C2. The van der Waals surface area contributed by atoms with Crippen molar-refractivity contribution in [2.45, 2.75) is 39.7 Å². The number of hydrogen-bond acceptors (Lipinski definition) is 6. The second-order valence-corrected chi connectivity index (χ2v) is 6.95. The van der Waals surface area contributed by atoms with E-state index in [0.717, 1.165) is 39.7 Å². The summed E-state index contributed by atoms with van der Waals surface area (Å²) in [5, 5.41) is 6.87. The van der Waals surface area contributed by atoms with Crippen molar-refractivity contribution in [3.63, 3.8) is 0 Å². The molecule has 1 aliphatic rings. The van der Waals surface area contributed by atoms with E-state index in [9.17, 15) is 4.79 Å². The summed E-state index contributed by atoms with van der Waals surface area (Å²) in [6, 6.07) is 3.90. The van der Waals surface area contributed by atoms with Crippen molar-refractivity contribution in [3.05, 3.63) is 39.3 Å². The maximum Gasteiger partial charge on any atom is 0.246 e. The minimum Gasteiger partial charge on any atom is -0.493 e. The maximum atomic E-state index is 11.9.